The van der Waals surface area contributed by atoms with Gasteiger partial charge in [0.1, 0.15) is 23.1 Å². The predicted octanol–water partition coefficient (Wildman–Crippen LogP) is 3.70. The molecule has 5 nitrogen and oxygen atoms in total. The quantitative estimate of drug-likeness (QED) is 0.303. The molecule has 1 aliphatic rings. The molecule has 3 rings (SSSR count). The maximum Gasteiger partial charge on any atom is 0.348 e. The Kier molecular flexibility index (Phi) is 4.76. The van der Waals surface area contributed by atoms with Crippen molar-refractivity contribution in [3.63, 3.8) is 0 Å². The van der Waals surface area contributed by atoms with E-state index in [4.69, 9.17) is 10.00 Å². The summed E-state index contributed by atoms with van der Waals surface area (Å²) in [4.78, 5) is -0.861. The highest BCUT2D eigenvalue weighted by molar-refractivity contribution is 8.02. The van der Waals surface area contributed by atoms with Crippen LogP contribution in [0.4, 0.5) is 26.3 Å². The van der Waals surface area contributed by atoms with E-state index in [0.717, 1.165) is 18.3 Å². The van der Waals surface area contributed by atoms with Crippen molar-refractivity contribution >= 4 is 10.1 Å². The maximum atomic E-state index is 14.4. The molecule has 1 atom stereocenters. The van der Waals surface area contributed by atoms with Crippen molar-refractivity contribution in [1.29, 1.82) is 5.26 Å². The Bertz CT molecular complexity index is 1020. The number of rotatable bonds is 4. The topological polar surface area (TPSA) is 82.4 Å². The number of alkyl halides is 4. The van der Waals surface area contributed by atoms with Crippen LogP contribution in [0, 0.1) is 23.1 Å². The Labute approximate surface area is 154 Å². The standard InChI is InChI=1S/C16H10F6N2O3S/c17-7-3-8(18)5-9(4-7)27-10-1-2-11-13(12(10)15(19)20)14(25)16(21,22)28(11,26)24-6-23/h1-5,14-15,25,28H,(H,24,26). The molecule has 2 N–H and O–H groups in total. The van der Waals surface area contributed by atoms with Crippen LogP contribution in [0.5, 0.6) is 11.5 Å². The molecule has 1 aliphatic heterocycles. The van der Waals surface area contributed by atoms with Gasteiger partial charge in [0.15, 0.2) is 12.3 Å². The normalized spacial score (nSPS) is 20.3. The van der Waals surface area contributed by atoms with Gasteiger partial charge in [-0.1, -0.05) is 0 Å². The van der Waals surface area contributed by atoms with Crippen molar-refractivity contribution in [3.8, 4) is 17.7 Å². The molecule has 1 unspecified atom stereocenters. The summed E-state index contributed by atoms with van der Waals surface area (Å²) in [7, 11) is -5.11. The van der Waals surface area contributed by atoms with Gasteiger partial charge in [0.25, 0.3) is 6.43 Å². The van der Waals surface area contributed by atoms with Gasteiger partial charge in [-0.15, -0.1) is 0 Å². The molecule has 0 saturated heterocycles. The fourth-order valence-electron chi connectivity index (χ4n) is 2.91. The Balaban J connectivity index is 2.21. The summed E-state index contributed by atoms with van der Waals surface area (Å²) in [5, 5.41) is 14.1. The lowest BCUT2D eigenvalue weighted by Crippen LogP contribution is -2.42. The van der Waals surface area contributed by atoms with Crippen LogP contribution in [0.25, 0.3) is 0 Å². The number of nitrogens with zero attached hydrogens (tertiary/aromatic N) is 1. The molecule has 0 aliphatic carbocycles. The van der Waals surface area contributed by atoms with E-state index >= 15 is 0 Å². The molecule has 150 valence electrons. The van der Waals surface area contributed by atoms with Crippen molar-refractivity contribution in [3.05, 3.63) is 53.1 Å². The Morgan fingerprint density at radius 2 is 1.82 bits per heavy atom. The minimum absolute atomic E-state index is 0.498. The number of aliphatic hydroxyl groups is 1. The molecule has 0 saturated carbocycles. The molecule has 12 heteroatoms. The third-order valence-corrected chi connectivity index (χ3v) is 6.64. The van der Waals surface area contributed by atoms with Gasteiger partial charge in [0, 0.05) is 28.7 Å². The van der Waals surface area contributed by atoms with E-state index in [1.807, 2.05) is 0 Å². The first-order valence-electron chi connectivity index (χ1n) is 7.44. The molecule has 0 bridgehead atoms. The van der Waals surface area contributed by atoms with E-state index in [2.05, 4.69) is 0 Å². The van der Waals surface area contributed by atoms with Crippen LogP contribution in [-0.4, -0.2) is 14.6 Å². The third kappa shape index (κ3) is 2.87. The molecule has 0 fully saturated rings. The fourth-order valence-corrected chi connectivity index (χ4v) is 4.98. The Morgan fingerprint density at radius 3 is 2.36 bits per heavy atom. The summed E-state index contributed by atoms with van der Waals surface area (Å²) >= 11 is 0. The summed E-state index contributed by atoms with van der Waals surface area (Å²) in [6.45, 7) is 0. The van der Waals surface area contributed by atoms with Crippen molar-refractivity contribution in [1.82, 2.24) is 4.72 Å². The number of halogens is 6. The first-order valence-corrected chi connectivity index (χ1v) is 9.15. The number of hydrogen-bond donors (Lipinski definition) is 3. The maximum absolute atomic E-state index is 14.4. The van der Waals surface area contributed by atoms with Gasteiger partial charge in [-0.25, -0.2) is 17.6 Å². The minimum atomic E-state index is -5.11. The van der Waals surface area contributed by atoms with Crippen LogP contribution in [-0.2, 0) is 10.1 Å². The minimum Gasteiger partial charge on any atom is -0.457 e. The fraction of sp³-hybridized carbons (Fsp3) is 0.188. The summed E-state index contributed by atoms with van der Waals surface area (Å²) in [5.41, 5.74) is -2.30. The van der Waals surface area contributed by atoms with Crippen molar-refractivity contribution in [2.45, 2.75) is 22.7 Å². The van der Waals surface area contributed by atoms with Crippen molar-refractivity contribution in [2.24, 2.45) is 0 Å². The summed E-state index contributed by atoms with van der Waals surface area (Å²) in [5.74, 6) is -3.48. The largest absolute Gasteiger partial charge is 0.457 e. The number of thiol groups is 1. The zero-order valence-electron chi connectivity index (χ0n) is 13.5. The predicted molar refractivity (Wildman–Crippen MR) is 84.3 cm³/mol. The second-order valence-corrected chi connectivity index (χ2v) is 8.26. The Morgan fingerprint density at radius 1 is 1.21 bits per heavy atom. The first kappa shape index (κ1) is 20.0. The summed E-state index contributed by atoms with van der Waals surface area (Å²) in [6.07, 6.45) is -5.33. The molecule has 0 spiro atoms. The van der Waals surface area contributed by atoms with Crippen LogP contribution in [0.2, 0.25) is 0 Å². The monoisotopic (exact) mass is 424 g/mol. The number of fused-ring (bicyclic) bond motifs is 1. The van der Waals surface area contributed by atoms with Gasteiger partial charge in [-0.3, -0.25) is 8.93 Å². The van der Waals surface area contributed by atoms with Gasteiger partial charge in [-0.2, -0.15) is 14.0 Å². The molecule has 1 heterocycles. The van der Waals surface area contributed by atoms with Crippen LogP contribution in [0.15, 0.2) is 35.2 Å². The van der Waals surface area contributed by atoms with Crippen LogP contribution < -0.4 is 9.46 Å². The van der Waals surface area contributed by atoms with Crippen LogP contribution in [0.1, 0.15) is 23.7 Å². The highest BCUT2D eigenvalue weighted by Crippen LogP contribution is 2.56. The van der Waals surface area contributed by atoms with Crippen molar-refractivity contribution < 1.29 is 40.4 Å². The lowest BCUT2D eigenvalue weighted by molar-refractivity contribution is -0.0386. The highest BCUT2D eigenvalue weighted by atomic mass is 32.3. The molecule has 0 amide bonds. The number of nitrogens with one attached hydrogen (secondary N) is 1. The molecular weight excluding hydrogens is 414 g/mol. The van der Waals surface area contributed by atoms with Gasteiger partial charge >= 0.3 is 5.25 Å². The molecule has 0 radical (unpaired) electrons. The summed E-state index contributed by atoms with van der Waals surface area (Å²) in [6, 6.07) is 3.29. The SMILES string of the molecule is N#CN[SH]1(=O)c2ccc(Oc3cc(F)cc(F)c3)c(C(F)F)c2C(O)C1(F)F. The average Bonchev–Trinajstić information content (AvgIpc) is 2.72. The van der Waals surface area contributed by atoms with Gasteiger partial charge in [0.05, 0.1) is 15.7 Å². The molecule has 2 aromatic carbocycles. The molecular formula is C16H10F6N2O3S. The zero-order chi connectivity index (χ0) is 20.9. The van der Waals surface area contributed by atoms with E-state index in [1.54, 1.807) is 0 Å². The van der Waals surface area contributed by atoms with Gasteiger partial charge in [0.2, 0.25) is 0 Å². The molecule has 0 aromatic heterocycles. The van der Waals surface area contributed by atoms with E-state index in [-0.39, 0.29) is 0 Å². The second-order valence-electron chi connectivity index (χ2n) is 5.74. The van der Waals surface area contributed by atoms with Gasteiger partial charge < -0.3 is 9.84 Å². The molecule has 28 heavy (non-hydrogen) atoms. The Hall–Kier alpha value is -2.78. The van der Waals surface area contributed by atoms with Gasteiger partial charge in [-0.05, 0) is 12.1 Å². The van der Waals surface area contributed by atoms with E-state index in [0.29, 0.717) is 18.2 Å². The van der Waals surface area contributed by atoms with E-state index in [1.165, 1.54) is 4.72 Å². The smallest absolute Gasteiger partial charge is 0.348 e. The van der Waals surface area contributed by atoms with Crippen LogP contribution >= 0.6 is 0 Å². The lowest BCUT2D eigenvalue weighted by atomic mass is 10.0. The number of ether oxygens (including phenoxy) is 1. The number of benzene rings is 2. The summed E-state index contributed by atoms with van der Waals surface area (Å²) < 4.78 is 102. The van der Waals surface area contributed by atoms with E-state index in [9.17, 15) is 35.7 Å². The van der Waals surface area contributed by atoms with Crippen LogP contribution in [0.3, 0.4) is 0 Å². The molecule has 2 aromatic rings. The van der Waals surface area contributed by atoms with E-state index < -0.39 is 67.1 Å². The third-order valence-electron chi connectivity index (χ3n) is 4.08. The average molecular weight is 424 g/mol. The first-order chi connectivity index (χ1) is 13.0. The number of nitriles is 1. The number of aliphatic hydroxyl groups excluding tert-OH is 1. The number of hydrogen-bond acceptors (Lipinski definition) is 4. The second kappa shape index (κ2) is 6.68. The zero-order valence-corrected chi connectivity index (χ0v) is 14.4. The van der Waals surface area contributed by atoms with Crippen molar-refractivity contribution in [2.75, 3.05) is 0 Å². The highest BCUT2D eigenvalue weighted by Gasteiger charge is 2.61. The lowest BCUT2D eigenvalue weighted by Gasteiger charge is -2.26.